The molecule has 0 fully saturated rings. The quantitative estimate of drug-likeness (QED) is 0.341. The Labute approximate surface area is 195 Å². The highest BCUT2D eigenvalue weighted by Crippen LogP contribution is 2.38. The summed E-state index contributed by atoms with van der Waals surface area (Å²) in [5.74, 6) is 1.55. The van der Waals surface area contributed by atoms with Gasteiger partial charge in [0.2, 0.25) is 5.91 Å². The van der Waals surface area contributed by atoms with Crippen molar-refractivity contribution in [3.63, 3.8) is 0 Å². The van der Waals surface area contributed by atoms with Crippen LogP contribution in [0.25, 0.3) is 22.5 Å². The highest BCUT2D eigenvalue weighted by molar-refractivity contribution is 7.99. The molecule has 0 saturated heterocycles. The number of hydrogen-bond donors (Lipinski definition) is 1. The van der Waals surface area contributed by atoms with E-state index >= 15 is 0 Å². The van der Waals surface area contributed by atoms with Crippen LogP contribution in [0.1, 0.15) is 11.8 Å². The number of anilines is 1. The first kappa shape index (κ1) is 22.1. The summed E-state index contributed by atoms with van der Waals surface area (Å²) >= 11 is 3.06. The van der Waals surface area contributed by atoms with E-state index in [0.29, 0.717) is 23.2 Å². The molecule has 164 valence electrons. The molecule has 0 atom stereocenters. The zero-order valence-electron chi connectivity index (χ0n) is 18.2. The van der Waals surface area contributed by atoms with Crippen molar-refractivity contribution in [3.05, 3.63) is 64.9 Å². The van der Waals surface area contributed by atoms with Crippen LogP contribution in [0.2, 0.25) is 0 Å². The average molecular weight is 465 g/mol. The zero-order valence-corrected chi connectivity index (χ0v) is 19.8. The van der Waals surface area contributed by atoms with Crippen molar-refractivity contribution in [2.75, 3.05) is 17.7 Å². The first-order valence-corrected chi connectivity index (χ1v) is 12.1. The number of para-hydroxylation sites is 2. The summed E-state index contributed by atoms with van der Waals surface area (Å²) in [5.41, 5.74) is 4.05. The summed E-state index contributed by atoms with van der Waals surface area (Å²) < 4.78 is 7.52. The monoisotopic (exact) mass is 464 g/mol. The van der Waals surface area contributed by atoms with Crippen LogP contribution in [0.4, 0.5) is 5.69 Å². The summed E-state index contributed by atoms with van der Waals surface area (Å²) in [4.78, 5) is 13.8. The standard InChI is InChI=1S/C24H24N4O2S2/c1-4-30-20-13-9-8-12-19(20)25-21(29)15-32-24-27-26-23(28(24)3)18-14-31-16(2)22(18)17-10-6-5-7-11-17/h5-14H,4,15H2,1-3H3,(H,25,29). The maximum atomic E-state index is 12.5. The van der Waals surface area contributed by atoms with Crippen LogP contribution in [0.3, 0.4) is 0 Å². The molecule has 6 nitrogen and oxygen atoms in total. The Morgan fingerprint density at radius 2 is 1.88 bits per heavy atom. The molecule has 0 aliphatic heterocycles. The molecule has 8 heteroatoms. The van der Waals surface area contributed by atoms with Gasteiger partial charge in [0.15, 0.2) is 11.0 Å². The molecule has 0 unspecified atom stereocenters. The van der Waals surface area contributed by atoms with E-state index in [4.69, 9.17) is 4.74 Å². The van der Waals surface area contributed by atoms with E-state index in [1.807, 2.05) is 61.0 Å². The molecular formula is C24H24N4O2S2. The SMILES string of the molecule is CCOc1ccccc1NC(=O)CSc1nnc(-c2csc(C)c2-c2ccccc2)n1C. The van der Waals surface area contributed by atoms with Crippen LogP contribution in [0.5, 0.6) is 5.75 Å². The lowest BCUT2D eigenvalue weighted by Gasteiger charge is -2.11. The fraction of sp³-hybridized carbons (Fsp3) is 0.208. The minimum atomic E-state index is -0.122. The van der Waals surface area contributed by atoms with Gasteiger partial charge in [0.1, 0.15) is 5.75 Å². The van der Waals surface area contributed by atoms with Gasteiger partial charge in [-0.25, -0.2) is 0 Å². The van der Waals surface area contributed by atoms with Gasteiger partial charge in [-0.2, -0.15) is 0 Å². The van der Waals surface area contributed by atoms with E-state index in [-0.39, 0.29) is 11.7 Å². The molecule has 32 heavy (non-hydrogen) atoms. The first-order chi connectivity index (χ1) is 15.6. The van der Waals surface area contributed by atoms with Gasteiger partial charge in [0.05, 0.1) is 18.0 Å². The van der Waals surface area contributed by atoms with Crippen LogP contribution >= 0.6 is 23.1 Å². The van der Waals surface area contributed by atoms with E-state index in [9.17, 15) is 4.79 Å². The Morgan fingerprint density at radius 1 is 1.12 bits per heavy atom. The number of nitrogens with one attached hydrogen (secondary N) is 1. The Morgan fingerprint density at radius 3 is 2.66 bits per heavy atom. The van der Waals surface area contributed by atoms with Crippen LogP contribution in [0, 0.1) is 6.92 Å². The van der Waals surface area contributed by atoms with Crippen LogP contribution < -0.4 is 10.1 Å². The molecule has 0 saturated carbocycles. The van der Waals surface area contributed by atoms with Gasteiger partial charge in [-0.3, -0.25) is 4.79 Å². The maximum absolute atomic E-state index is 12.5. The third kappa shape index (κ3) is 4.71. The largest absolute Gasteiger partial charge is 0.492 e. The topological polar surface area (TPSA) is 69.0 Å². The van der Waals surface area contributed by atoms with Crippen molar-refractivity contribution in [2.45, 2.75) is 19.0 Å². The molecule has 2 aromatic heterocycles. The lowest BCUT2D eigenvalue weighted by atomic mass is 10.0. The molecule has 1 amide bonds. The second kappa shape index (κ2) is 10.0. The van der Waals surface area contributed by atoms with Crippen molar-refractivity contribution in [1.29, 1.82) is 0 Å². The highest BCUT2D eigenvalue weighted by Gasteiger charge is 2.19. The number of rotatable bonds is 8. The number of aryl methyl sites for hydroxylation is 1. The Hall–Kier alpha value is -3.10. The molecule has 0 spiro atoms. The van der Waals surface area contributed by atoms with E-state index in [1.165, 1.54) is 22.2 Å². The second-order valence-electron chi connectivity index (χ2n) is 7.08. The highest BCUT2D eigenvalue weighted by atomic mass is 32.2. The summed E-state index contributed by atoms with van der Waals surface area (Å²) in [5, 5.41) is 14.5. The second-order valence-corrected chi connectivity index (χ2v) is 9.10. The lowest BCUT2D eigenvalue weighted by Crippen LogP contribution is -2.15. The summed E-state index contributed by atoms with van der Waals surface area (Å²) in [6, 6.07) is 17.7. The van der Waals surface area contributed by atoms with Crippen LogP contribution in [-0.4, -0.2) is 33.0 Å². The number of benzene rings is 2. The number of carbonyl (C=O) groups is 1. The third-order valence-electron chi connectivity index (χ3n) is 4.91. The Balaban J connectivity index is 1.49. The maximum Gasteiger partial charge on any atom is 0.234 e. The van der Waals surface area contributed by atoms with Crippen molar-refractivity contribution < 1.29 is 9.53 Å². The number of ether oxygens (including phenoxy) is 1. The van der Waals surface area contributed by atoms with Gasteiger partial charge in [-0.1, -0.05) is 54.2 Å². The molecule has 0 aliphatic carbocycles. The van der Waals surface area contributed by atoms with Gasteiger partial charge in [0, 0.05) is 28.4 Å². The van der Waals surface area contributed by atoms with Crippen LogP contribution in [-0.2, 0) is 11.8 Å². The molecule has 4 rings (SSSR count). The normalized spacial score (nSPS) is 10.8. The fourth-order valence-corrected chi connectivity index (χ4v) is 5.00. The van der Waals surface area contributed by atoms with E-state index in [2.05, 4.69) is 40.0 Å². The van der Waals surface area contributed by atoms with Crippen LogP contribution in [0.15, 0.2) is 65.1 Å². The number of nitrogens with zero attached hydrogens (tertiary/aromatic N) is 3. The van der Waals surface area contributed by atoms with Gasteiger partial charge in [-0.15, -0.1) is 21.5 Å². The number of thiophene rings is 1. The molecule has 2 aromatic carbocycles. The number of aromatic nitrogens is 3. The Kier molecular flexibility index (Phi) is 6.92. The molecule has 0 radical (unpaired) electrons. The predicted molar refractivity (Wildman–Crippen MR) is 131 cm³/mol. The van der Waals surface area contributed by atoms with E-state index in [0.717, 1.165) is 17.0 Å². The van der Waals surface area contributed by atoms with E-state index in [1.54, 1.807) is 11.3 Å². The summed E-state index contributed by atoms with van der Waals surface area (Å²) in [7, 11) is 1.93. The smallest absolute Gasteiger partial charge is 0.234 e. The van der Waals surface area contributed by atoms with Gasteiger partial charge < -0.3 is 14.6 Å². The summed E-state index contributed by atoms with van der Waals surface area (Å²) in [6.45, 7) is 4.57. The number of carbonyl (C=O) groups excluding carboxylic acids is 1. The molecule has 0 bridgehead atoms. The first-order valence-electron chi connectivity index (χ1n) is 10.3. The predicted octanol–water partition coefficient (Wildman–Crippen LogP) is 5.65. The molecule has 4 aromatic rings. The molecular weight excluding hydrogens is 440 g/mol. The molecule has 1 N–H and O–H groups in total. The minimum Gasteiger partial charge on any atom is -0.492 e. The van der Waals surface area contributed by atoms with Crippen molar-refractivity contribution in [3.8, 4) is 28.3 Å². The molecule has 2 heterocycles. The minimum absolute atomic E-state index is 0.122. The fourth-order valence-electron chi connectivity index (χ4n) is 3.43. The van der Waals surface area contributed by atoms with Crippen molar-refractivity contribution in [1.82, 2.24) is 14.8 Å². The van der Waals surface area contributed by atoms with Gasteiger partial charge in [-0.05, 0) is 31.5 Å². The third-order valence-corrected chi connectivity index (χ3v) is 6.84. The van der Waals surface area contributed by atoms with E-state index < -0.39 is 0 Å². The van der Waals surface area contributed by atoms with Crippen molar-refractivity contribution >= 4 is 34.7 Å². The van der Waals surface area contributed by atoms with Gasteiger partial charge in [0.25, 0.3) is 0 Å². The number of amides is 1. The van der Waals surface area contributed by atoms with Crippen molar-refractivity contribution in [2.24, 2.45) is 7.05 Å². The zero-order chi connectivity index (χ0) is 22.5. The number of thioether (sulfide) groups is 1. The lowest BCUT2D eigenvalue weighted by molar-refractivity contribution is -0.113. The molecule has 0 aliphatic rings. The number of hydrogen-bond acceptors (Lipinski definition) is 6. The Bertz CT molecular complexity index is 1220. The van der Waals surface area contributed by atoms with Gasteiger partial charge >= 0.3 is 0 Å². The average Bonchev–Trinajstić information content (AvgIpc) is 3.36. The summed E-state index contributed by atoms with van der Waals surface area (Å²) in [6.07, 6.45) is 0.